The number of likely N-dealkylation sites (tertiary alicyclic amines) is 1. The van der Waals surface area contributed by atoms with Gasteiger partial charge < -0.3 is 10.0 Å². The number of hydrogen-bond acceptors (Lipinski definition) is 4. The summed E-state index contributed by atoms with van der Waals surface area (Å²) in [6.45, 7) is 1.72. The zero-order valence-corrected chi connectivity index (χ0v) is 10.5. The Bertz CT molecular complexity index is 305. The Balaban J connectivity index is 1.81. The smallest absolute Gasteiger partial charge is 0.320 e. The molecule has 0 aliphatic carbocycles. The number of carboxylic acids is 1. The molecule has 2 N–H and O–H groups in total. The zero-order valence-electron chi connectivity index (χ0n) is 9.72. The lowest BCUT2D eigenvalue weighted by Crippen LogP contribution is -2.47. The fourth-order valence-corrected chi connectivity index (χ4v) is 3.43. The highest BCUT2D eigenvalue weighted by molar-refractivity contribution is 7.99. The molecule has 0 aromatic heterocycles. The predicted octanol–water partition coefficient (Wildman–Crippen LogP) is 0.505. The molecule has 17 heavy (non-hydrogen) atoms. The highest BCUT2D eigenvalue weighted by Gasteiger charge is 2.29. The molecule has 0 radical (unpaired) electrons. The van der Waals surface area contributed by atoms with Crippen molar-refractivity contribution in [1.29, 1.82) is 0 Å². The molecule has 2 heterocycles. The highest BCUT2D eigenvalue weighted by Crippen LogP contribution is 2.22. The second-order valence-corrected chi connectivity index (χ2v) is 5.81. The van der Waals surface area contributed by atoms with Gasteiger partial charge in [-0.3, -0.25) is 14.9 Å². The van der Waals surface area contributed by atoms with E-state index in [2.05, 4.69) is 5.32 Å². The van der Waals surface area contributed by atoms with Gasteiger partial charge in [0.25, 0.3) is 0 Å². The first-order valence-corrected chi connectivity index (χ1v) is 7.10. The quantitative estimate of drug-likeness (QED) is 0.771. The minimum Gasteiger partial charge on any atom is -0.480 e. The monoisotopic (exact) mass is 258 g/mol. The van der Waals surface area contributed by atoms with E-state index in [-0.39, 0.29) is 11.3 Å². The molecule has 2 rings (SSSR count). The van der Waals surface area contributed by atoms with Gasteiger partial charge in [0.1, 0.15) is 6.04 Å². The third-order valence-corrected chi connectivity index (χ3v) is 4.41. The van der Waals surface area contributed by atoms with E-state index in [1.165, 1.54) is 0 Å². The van der Waals surface area contributed by atoms with Crippen molar-refractivity contribution in [3.63, 3.8) is 0 Å². The van der Waals surface area contributed by atoms with Crippen LogP contribution in [0.4, 0.5) is 0 Å². The summed E-state index contributed by atoms with van der Waals surface area (Å²) in [5, 5.41) is 11.9. The van der Waals surface area contributed by atoms with Crippen LogP contribution in [0.15, 0.2) is 0 Å². The van der Waals surface area contributed by atoms with E-state index in [9.17, 15) is 9.59 Å². The predicted molar refractivity (Wildman–Crippen MR) is 65.9 cm³/mol. The molecule has 2 atom stereocenters. The molecule has 1 amide bonds. The van der Waals surface area contributed by atoms with Gasteiger partial charge in [-0.25, -0.2) is 0 Å². The Morgan fingerprint density at radius 3 is 2.71 bits per heavy atom. The van der Waals surface area contributed by atoms with Crippen LogP contribution in [-0.2, 0) is 9.59 Å². The Kier molecular flexibility index (Phi) is 4.28. The van der Waals surface area contributed by atoms with E-state index in [1.54, 1.807) is 11.8 Å². The molecule has 2 aliphatic heterocycles. The van der Waals surface area contributed by atoms with Crippen LogP contribution in [0.3, 0.4) is 0 Å². The Morgan fingerprint density at radius 1 is 1.35 bits per heavy atom. The van der Waals surface area contributed by atoms with Crippen molar-refractivity contribution in [2.45, 2.75) is 37.1 Å². The SMILES string of the molecule is O=C(O)C1CCSC(CC(=O)N2CCCC2)N1. The standard InChI is InChI=1S/C11H18N2O3S/c14-10(13-4-1-2-5-13)7-9-12-8(11(15)16)3-6-17-9/h8-9,12H,1-7H2,(H,15,16). The molecule has 96 valence electrons. The van der Waals surface area contributed by atoms with Gasteiger partial charge in [0.05, 0.1) is 11.8 Å². The summed E-state index contributed by atoms with van der Waals surface area (Å²) < 4.78 is 0. The molecule has 0 aromatic carbocycles. The van der Waals surface area contributed by atoms with E-state index < -0.39 is 12.0 Å². The number of aliphatic carboxylic acids is 1. The number of rotatable bonds is 3. The molecule has 0 spiro atoms. The van der Waals surface area contributed by atoms with Crippen LogP contribution in [0.1, 0.15) is 25.7 Å². The number of nitrogens with zero attached hydrogens (tertiary/aromatic N) is 1. The van der Waals surface area contributed by atoms with Crippen molar-refractivity contribution in [3.05, 3.63) is 0 Å². The van der Waals surface area contributed by atoms with Gasteiger partial charge in [0, 0.05) is 13.1 Å². The number of amides is 1. The van der Waals surface area contributed by atoms with Gasteiger partial charge in [-0.15, -0.1) is 11.8 Å². The summed E-state index contributed by atoms with van der Waals surface area (Å²) in [5.41, 5.74) is 0. The van der Waals surface area contributed by atoms with Crippen LogP contribution in [0, 0.1) is 0 Å². The summed E-state index contributed by atoms with van der Waals surface area (Å²) in [6.07, 6.45) is 3.23. The molecule has 2 saturated heterocycles. The largest absolute Gasteiger partial charge is 0.480 e. The summed E-state index contributed by atoms with van der Waals surface area (Å²) in [4.78, 5) is 24.7. The number of hydrogen-bond donors (Lipinski definition) is 2. The van der Waals surface area contributed by atoms with E-state index in [4.69, 9.17) is 5.11 Å². The summed E-state index contributed by atoms with van der Waals surface area (Å²) in [6, 6.07) is -0.493. The average Bonchev–Trinajstić information content (AvgIpc) is 2.82. The Morgan fingerprint density at radius 2 is 2.06 bits per heavy atom. The number of thioether (sulfide) groups is 1. The van der Waals surface area contributed by atoms with E-state index in [0.717, 1.165) is 31.7 Å². The molecule has 2 aliphatic rings. The van der Waals surface area contributed by atoms with Crippen molar-refractivity contribution in [1.82, 2.24) is 10.2 Å². The summed E-state index contributed by atoms with van der Waals surface area (Å²) in [7, 11) is 0. The second kappa shape index (κ2) is 5.73. The molecular formula is C11H18N2O3S. The lowest BCUT2D eigenvalue weighted by atomic mass is 10.2. The van der Waals surface area contributed by atoms with Gasteiger partial charge in [-0.2, -0.15) is 0 Å². The van der Waals surface area contributed by atoms with Gasteiger partial charge in [-0.05, 0) is 25.0 Å². The number of carbonyl (C=O) groups is 2. The first-order valence-electron chi connectivity index (χ1n) is 6.05. The maximum absolute atomic E-state index is 11.9. The number of carboxylic acid groups (broad SMARTS) is 1. The molecular weight excluding hydrogens is 240 g/mol. The lowest BCUT2D eigenvalue weighted by Gasteiger charge is -2.29. The normalized spacial score (nSPS) is 29.3. The summed E-state index contributed by atoms with van der Waals surface area (Å²) >= 11 is 1.65. The van der Waals surface area contributed by atoms with E-state index >= 15 is 0 Å². The lowest BCUT2D eigenvalue weighted by molar-refractivity contribution is -0.140. The van der Waals surface area contributed by atoms with Crippen LogP contribution in [-0.4, -0.2) is 52.1 Å². The molecule has 2 fully saturated rings. The van der Waals surface area contributed by atoms with Crippen molar-refractivity contribution < 1.29 is 14.7 Å². The van der Waals surface area contributed by atoms with Gasteiger partial charge >= 0.3 is 5.97 Å². The van der Waals surface area contributed by atoms with E-state index in [0.29, 0.717) is 12.8 Å². The third-order valence-electron chi connectivity index (χ3n) is 3.23. The van der Waals surface area contributed by atoms with E-state index in [1.807, 2.05) is 4.90 Å². The Hall–Kier alpha value is -0.750. The molecule has 5 nitrogen and oxygen atoms in total. The van der Waals surface area contributed by atoms with Crippen LogP contribution < -0.4 is 5.32 Å². The second-order valence-electron chi connectivity index (χ2n) is 4.50. The van der Waals surface area contributed by atoms with Crippen LogP contribution in [0.5, 0.6) is 0 Å². The van der Waals surface area contributed by atoms with Crippen molar-refractivity contribution in [2.24, 2.45) is 0 Å². The first kappa shape index (κ1) is 12.7. The summed E-state index contributed by atoms with van der Waals surface area (Å²) in [5.74, 6) is 0.143. The minimum absolute atomic E-state index is 0.0436. The number of nitrogens with one attached hydrogen (secondary N) is 1. The molecule has 0 saturated carbocycles. The fraction of sp³-hybridized carbons (Fsp3) is 0.818. The van der Waals surface area contributed by atoms with Crippen LogP contribution in [0.25, 0.3) is 0 Å². The van der Waals surface area contributed by atoms with Crippen LogP contribution >= 0.6 is 11.8 Å². The molecule has 0 bridgehead atoms. The van der Waals surface area contributed by atoms with Crippen LogP contribution in [0.2, 0.25) is 0 Å². The topological polar surface area (TPSA) is 69.6 Å². The van der Waals surface area contributed by atoms with Crippen molar-refractivity contribution >= 4 is 23.6 Å². The minimum atomic E-state index is -0.816. The maximum atomic E-state index is 11.9. The third kappa shape index (κ3) is 3.35. The number of carbonyl (C=O) groups excluding carboxylic acids is 1. The first-order chi connectivity index (χ1) is 8.16. The molecule has 6 heteroatoms. The van der Waals surface area contributed by atoms with Gasteiger partial charge in [-0.1, -0.05) is 0 Å². The highest BCUT2D eigenvalue weighted by atomic mass is 32.2. The maximum Gasteiger partial charge on any atom is 0.320 e. The van der Waals surface area contributed by atoms with Crippen molar-refractivity contribution in [2.75, 3.05) is 18.8 Å². The fourth-order valence-electron chi connectivity index (χ4n) is 2.25. The van der Waals surface area contributed by atoms with Crippen molar-refractivity contribution in [3.8, 4) is 0 Å². The van der Waals surface area contributed by atoms with Gasteiger partial charge in [0.2, 0.25) is 5.91 Å². The Labute approximate surface area is 105 Å². The van der Waals surface area contributed by atoms with Gasteiger partial charge in [0.15, 0.2) is 0 Å². The zero-order chi connectivity index (χ0) is 12.3. The molecule has 2 unspecified atom stereocenters. The molecule has 0 aromatic rings. The average molecular weight is 258 g/mol.